The maximum Gasteiger partial charge on any atom is 0.230 e. The molecule has 6 rings (SSSR count). The van der Waals surface area contributed by atoms with Gasteiger partial charge in [0.15, 0.2) is 17.3 Å². The minimum atomic E-state index is -0.929. The first-order valence-corrected chi connectivity index (χ1v) is 15.9. The predicted molar refractivity (Wildman–Crippen MR) is 180 cm³/mol. The monoisotopic (exact) mass is 621 g/mol. The molecule has 1 fully saturated rings. The number of aromatic nitrogens is 5. The summed E-state index contributed by atoms with van der Waals surface area (Å²) >= 11 is 0. The fraction of sp³-hybridized carbons (Fsp3) is 0.361. The van der Waals surface area contributed by atoms with Crippen LogP contribution in [-0.4, -0.2) is 55.6 Å². The number of allylic oxidation sites excluding steroid dienone is 1. The summed E-state index contributed by atoms with van der Waals surface area (Å²) in [6.45, 7) is 13.7. The van der Waals surface area contributed by atoms with Crippen LogP contribution >= 0.6 is 0 Å². The van der Waals surface area contributed by atoms with E-state index in [2.05, 4.69) is 61.7 Å². The van der Waals surface area contributed by atoms with Crippen LogP contribution in [0, 0.1) is 0 Å². The van der Waals surface area contributed by atoms with Crippen molar-refractivity contribution in [2.24, 2.45) is 0 Å². The van der Waals surface area contributed by atoms with E-state index in [1.807, 2.05) is 42.6 Å². The Balaban J connectivity index is 1.30. The number of ether oxygens (including phenoxy) is 1. The number of Topliss-reactive ketones (excluding diaryl/α,β-unsaturated/α-hetero) is 1. The van der Waals surface area contributed by atoms with Crippen LogP contribution in [0.3, 0.4) is 0 Å². The van der Waals surface area contributed by atoms with Crippen LogP contribution in [0.1, 0.15) is 63.1 Å². The Labute approximate surface area is 268 Å². The van der Waals surface area contributed by atoms with E-state index in [1.54, 1.807) is 10.7 Å². The van der Waals surface area contributed by atoms with Crippen LogP contribution in [0.15, 0.2) is 73.3 Å². The number of pyridine rings is 1. The number of carbonyl (C=O) groups is 1. The van der Waals surface area contributed by atoms with Gasteiger partial charge < -0.3 is 15.0 Å². The molecular weight excluding hydrogens is 581 g/mol. The third kappa shape index (κ3) is 6.62. The number of hydrogen-bond donors (Lipinski definition) is 1. The van der Waals surface area contributed by atoms with Gasteiger partial charge in [-0.05, 0) is 55.2 Å². The van der Waals surface area contributed by atoms with Crippen LogP contribution in [0.4, 0.5) is 16.3 Å². The molecule has 5 aromatic rings. The lowest BCUT2D eigenvalue weighted by Crippen LogP contribution is -2.39. The average Bonchev–Trinajstić information content (AvgIpc) is 3.48. The highest BCUT2D eigenvalue weighted by molar-refractivity contribution is 5.98. The van der Waals surface area contributed by atoms with Gasteiger partial charge in [-0.2, -0.15) is 19.6 Å². The summed E-state index contributed by atoms with van der Waals surface area (Å²) in [5, 5.41) is 10.1. The molecule has 0 unspecified atom stereocenters. The van der Waals surface area contributed by atoms with Gasteiger partial charge in [0.25, 0.3) is 0 Å². The van der Waals surface area contributed by atoms with E-state index < -0.39 is 11.6 Å². The van der Waals surface area contributed by atoms with E-state index in [1.165, 1.54) is 0 Å². The summed E-state index contributed by atoms with van der Waals surface area (Å²) in [7, 11) is 0. The van der Waals surface area contributed by atoms with Crippen molar-refractivity contribution in [3.63, 3.8) is 0 Å². The van der Waals surface area contributed by atoms with Gasteiger partial charge in [0.05, 0.1) is 24.1 Å². The van der Waals surface area contributed by atoms with Crippen molar-refractivity contribution in [1.82, 2.24) is 24.6 Å². The molecule has 3 aromatic heterocycles. The van der Waals surface area contributed by atoms with Crippen molar-refractivity contribution in [2.45, 2.75) is 71.6 Å². The molecule has 238 valence electrons. The SMILES string of the molecule is C=C(F)C(=O)Cc1ccc2c(-c3ccccc3CNc3nc(N4CCC(OC(C)C)CC4)nc4c(C(C)C)cnn34)nccc2c1. The minimum Gasteiger partial charge on any atom is -0.375 e. The number of halogens is 1. The summed E-state index contributed by atoms with van der Waals surface area (Å²) < 4.78 is 21.2. The van der Waals surface area contributed by atoms with E-state index in [9.17, 15) is 9.18 Å². The zero-order valence-corrected chi connectivity index (χ0v) is 26.8. The number of anilines is 2. The van der Waals surface area contributed by atoms with Crippen LogP contribution in [0.25, 0.3) is 27.7 Å². The Morgan fingerprint density at radius 2 is 1.87 bits per heavy atom. The molecule has 4 heterocycles. The molecule has 0 spiro atoms. The first-order chi connectivity index (χ1) is 22.2. The molecule has 2 aromatic carbocycles. The van der Waals surface area contributed by atoms with Crippen molar-refractivity contribution >= 4 is 34.1 Å². The predicted octanol–water partition coefficient (Wildman–Crippen LogP) is 7.06. The molecule has 0 bridgehead atoms. The molecular formula is C36H40FN7O2. The summed E-state index contributed by atoms with van der Waals surface area (Å²) in [6, 6.07) is 15.7. The highest BCUT2D eigenvalue weighted by Gasteiger charge is 2.25. The van der Waals surface area contributed by atoms with Crippen molar-refractivity contribution in [3.05, 3.63) is 90.0 Å². The smallest absolute Gasteiger partial charge is 0.230 e. The summed E-state index contributed by atoms with van der Waals surface area (Å²) in [5.74, 6) is 0.0218. The number of rotatable bonds is 11. The number of nitrogens with zero attached hydrogens (tertiary/aromatic N) is 6. The van der Waals surface area contributed by atoms with E-state index in [-0.39, 0.29) is 24.5 Å². The van der Waals surface area contributed by atoms with Crippen molar-refractivity contribution < 1.29 is 13.9 Å². The molecule has 0 aliphatic carbocycles. The third-order valence-corrected chi connectivity index (χ3v) is 8.40. The lowest BCUT2D eigenvalue weighted by molar-refractivity contribution is -0.116. The van der Waals surface area contributed by atoms with Gasteiger partial charge in [-0.25, -0.2) is 4.39 Å². The second-order valence-corrected chi connectivity index (χ2v) is 12.4. The van der Waals surface area contributed by atoms with Gasteiger partial charge in [-0.3, -0.25) is 9.78 Å². The summed E-state index contributed by atoms with van der Waals surface area (Å²) in [4.78, 5) is 28.9. The molecule has 1 aliphatic rings. The quantitative estimate of drug-likeness (QED) is 0.157. The third-order valence-electron chi connectivity index (χ3n) is 8.40. The zero-order chi connectivity index (χ0) is 32.4. The second-order valence-electron chi connectivity index (χ2n) is 12.4. The van der Waals surface area contributed by atoms with Gasteiger partial charge in [-0.15, -0.1) is 0 Å². The molecule has 0 atom stereocenters. The maximum absolute atomic E-state index is 13.3. The van der Waals surface area contributed by atoms with Crippen LogP contribution < -0.4 is 10.2 Å². The molecule has 1 saturated heterocycles. The molecule has 10 heteroatoms. The van der Waals surface area contributed by atoms with Crippen LogP contribution in [-0.2, 0) is 22.5 Å². The number of fused-ring (bicyclic) bond motifs is 2. The molecule has 1 aliphatic heterocycles. The van der Waals surface area contributed by atoms with E-state index in [0.29, 0.717) is 18.4 Å². The Bertz CT molecular complexity index is 1890. The number of hydrogen-bond acceptors (Lipinski definition) is 8. The number of ketones is 1. The number of piperidine rings is 1. The van der Waals surface area contributed by atoms with E-state index in [4.69, 9.17) is 19.7 Å². The van der Waals surface area contributed by atoms with Gasteiger partial charge in [0.1, 0.15) is 0 Å². The van der Waals surface area contributed by atoms with Gasteiger partial charge in [0.2, 0.25) is 11.9 Å². The van der Waals surface area contributed by atoms with Crippen molar-refractivity contribution in [1.29, 1.82) is 0 Å². The van der Waals surface area contributed by atoms with Gasteiger partial charge in [-0.1, -0.05) is 62.9 Å². The minimum absolute atomic E-state index is 0.0332. The Morgan fingerprint density at radius 3 is 2.61 bits per heavy atom. The maximum atomic E-state index is 13.3. The topological polar surface area (TPSA) is 97.5 Å². The molecule has 0 amide bonds. The van der Waals surface area contributed by atoms with Gasteiger partial charge >= 0.3 is 0 Å². The van der Waals surface area contributed by atoms with Crippen LogP contribution in [0.2, 0.25) is 0 Å². The molecule has 1 N–H and O–H groups in total. The molecule has 0 saturated carbocycles. The van der Waals surface area contributed by atoms with E-state index in [0.717, 1.165) is 70.3 Å². The standard InChI is InChI=1S/C36H40FN7O2/c1-22(2)31-21-40-44-34(31)41-36(43-16-13-28(14-17-43)46-23(3)4)42-35(44)39-20-27-8-6-7-9-29(27)33-30-11-10-25(19-32(45)24(5)37)18-26(30)12-15-38-33/h6-12,15,18,21-23,28H,5,13-14,16-17,19-20H2,1-4H3,(H,39,41,42). The van der Waals surface area contributed by atoms with Crippen molar-refractivity contribution in [2.75, 3.05) is 23.3 Å². The highest BCUT2D eigenvalue weighted by Crippen LogP contribution is 2.31. The number of benzene rings is 2. The fourth-order valence-electron chi connectivity index (χ4n) is 6.04. The van der Waals surface area contributed by atoms with E-state index >= 15 is 0 Å². The average molecular weight is 622 g/mol. The Morgan fingerprint density at radius 1 is 1.09 bits per heavy atom. The second kappa shape index (κ2) is 13.3. The largest absolute Gasteiger partial charge is 0.375 e. The lowest BCUT2D eigenvalue weighted by Gasteiger charge is -2.33. The summed E-state index contributed by atoms with van der Waals surface area (Å²) in [5.41, 5.74) is 5.43. The normalized spacial score (nSPS) is 14.1. The Hall–Kier alpha value is -4.70. The van der Waals surface area contributed by atoms with Gasteiger partial charge in [0, 0.05) is 48.8 Å². The first-order valence-electron chi connectivity index (χ1n) is 15.9. The molecule has 0 radical (unpaired) electrons. The van der Waals surface area contributed by atoms with Crippen molar-refractivity contribution in [3.8, 4) is 11.3 Å². The highest BCUT2D eigenvalue weighted by atomic mass is 19.1. The Kier molecular flexibility index (Phi) is 9.08. The molecule has 46 heavy (non-hydrogen) atoms. The summed E-state index contributed by atoms with van der Waals surface area (Å²) in [6.07, 6.45) is 5.93. The first kappa shape index (κ1) is 31.3. The van der Waals surface area contributed by atoms with Crippen LogP contribution in [0.5, 0.6) is 0 Å². The fourth-order valence-corrected chi connectivity index (χ4v) is 6.04. The number of nitrogens with one attached hydrogen (secondary N) is 1. The molecule has 9 nitrogen and oxygen atoms in total. The number of carbonyl (C=O) groups excluding carboxylic acids is 1. The lowest BCUT2D eigenvalue weighted by atomic mass is 9.97. The zero-order valence-electron chi connectivity index (χ0n) is 26.8.